The van der Waals surface area contributed by atoms with Crippen LogP contribution in [0.3, 0.4) is 0 Å². The molecule has 2 atom stereocenters. The number of likely N-dealkylation sites (tertiary alicyclic amines) is 1. The van der Waals surface area contributed by atoms with Gasteiger partial charge in [-0.2, -0.15) is 0 Å². The van der Waals surface area contributed by atoms with Gasteiger partial charge in [-0.15, -0.1) is 0 Å². The molecule has 1 N–H and O–H groups in total. The minimum atomic E-state index is 0.508. The summed E-state index contributed by atoms with van der Waals surface area (Å²) in [5, 5.41) is 3.52. The Balaban J connectivity index is 1.76. The summed E-state index contributed by atoms with van der Waals surface area (Å²) in [6.07, 6.45) is 2.80. The fourth-order valence-electron chi connectivity index (χ4n) is 3.42. The third-order valence-electron chi connectivity index (χ3n) is 4.98. The van der Waals surface area contributed by atoms with Crippen molar-refractivity contribution in [3.63, 3.8) is 0 Å². The molecule has 0 saturated carbocycles. The molecule has 0 radical (unpaired) electrons. The van der Waals surface area contributed by atoms with Gasteiger partial charge in [-0.25, -0.2) is 0 Å². The Bertz CT molecular complexity index is 236. The zero-order chi connectivity index (χ0) is 12.5. The molecule has 0 aromatic heterocycles. The first-order chi connectivity index (χ1) is 7.97. The van der Waals surface area contributed by atoms with Crippen molar-refractivity contribution in [2.24, 2.45) is 23.2 Å². The van der Waals surface area contributed by atoms with E-state index >= 15 is 0 Å². The zero-order valence-electron chi connectivity index (χ0n) is 12.1. The first-order valence-electron chi connectivity index (χ1n) is 7.40. The number of rotatable bonds is 2. The lowest BCUT2D eigenvalue weighted by molar-refractivity contribution is 0.0984. The molecule has 0 aromatic carbocycles. The standard InChI is InChI=1S/C15H30N2/c1-12-9-16-10-13(12)11-17-7-5-14(6-8-17)15(2,3)4/h12-14,16H,5-11H2,1-4H3/t12-,13+/m1/s1. The maximum Gasteiger partial charge on any atom is 0.00248 e. The van der Waals surface area contributed by atoms with Crippen LogP contribution < -0.4 is 5.32 Å². The molecular weight excluding hydrogens is 208 g/mol. The van der Waals surface area contributed by atoms with E-state index in [0.29, 0.717) is 5.41 Å². The van der Waals surface area contributed by atoms with Crippen LogP contribution in [-0.2, 0) is 0 Å². The third kappa shape index (κ3) is 3.45. The van der Waals surface area contributed by atoms with E-state index in [-0.39, 0.29) is 0 Å². The van der Waals surface area contributed by atoms with Crippen molar-refractivity contribution in [2.45, 2.75) is 40.5 Å². The van der Waals surface area contributed by atoms with E-state index in [1.54, 1.807) is 0 Å². The lowest BCUT2D eigenvalue weighted by atomic mass is 9.75. The summed E-state index contributed by atoms with van der Waals surface area (Å²) in [5.41, 5.74) is 0.508. The van der Waals surface area contributed by atoms with Crippen molar-refractivity contribution in [1.29, 1.82) is 0 Å². The first-order valence-corrected chi connectivity index (χ1v) is 7.40. The molecule has 100 valence electrons. The Kier molecular flexibility index (Phi) is 4.14. The van der Waals surface area contributed by atoms with Gasteiger partial charge < -0.3 is 10.2 Å². The minimum absolute atomic E-state index is 0.508. The normalized spacial score (nSPS) is 33.2. The number of hydrogen-bond acceptors (Lipinski definition) is 2. The van der Waals surface area contributed by atoms with Crippen molar-refractivity contribution in [1.82, 2.24) is 10.2 Å². The molecule has 2 rings (SSSR count). The molecule has 0 amide bonds. The molecule has 2 heterocycles. The molecule has 2 aliphatic rings. The minimum Gasteiger partial charge on any atom is -0.316 e. The van der Waals surface area contributed by atoms with E-state index in [1.165, 1.54) is 45.6 Å². The van der Waals surface area contributed by atoms with Crippen LogP contribution >= 0.6 is 0 Å². The average Bonchev–Trinajstić information content (AvgIpc) is 2.64. The lowest BCUT2D eigenvalue weighted by Crippen LogP contribution is -2.41. The Morgan fingerprint density at radius 2 is 1.76 bits per heavy atom. The third-order valence-corrected chi connectivity index (χ3v) is 4.98. The van der Waals surface area contributed by atoms with E-state index in [4.69, 9.17) is 0 Å². The van der Waals surface area contributed by atoms with Crippen LogP contribution in [0.2, 0.25) is 0 Å². The highest BCUT2D eigenvalue weighted by Gasteiger charge is 2.31. The quantitative estimate of drug-likeness (QED) is 0.795. The van der Waals surface area contributed by atoms with Gasteiger partial charge in [0, 0.05) is 6.54 Å². The molecular formula is C15H30N2. The summed E-state index contributed by atoms with van der Waals surface area (Å²) < 4.78 is 0. The largest absolute Gasteiger partial charge is 0.316 e. The van der Waals surface area contributed by atoms with Gasteiger partial charge in [0.2, 0.25) is 0 Å². The van der Waals surface area contributed by atoms with Crippen LogP contribution in [-0.4, -0.2) is 37.6 Å². The van der Waals surface area contributed by atoms with Gasteiger partial charge in [0.25, 0.3) is 0 Å². The highest BCUT2D eigenvalue weighted by Crippen LogP contribution is 2.34. The molecule has 0 aromatic rings. The van der Waals surface area contributed by atoms with E-state index in [0.717, 1.165) is 17.8 Å². The van der Waals surface area contributed by atoms with E-state index in [2.05, 4.69) is 37.9 Å². The number of hydrogen-bond donors (Lipinski definition) is 1. The molecule has 2 nitrogen and oxygen atoms in total. The molecule has 2 fully saturated rings. The Hall–Kier alpha value is -0.0800. The van der Waals surface area contributed by atoms with Crippen molar-refractivity contribution >= 4 is 0 Å². The summed E-state index contributed by atoms with van der Waals surface area (Å²) >= 11 is 0. The van der Waals surface area contributed by atoms with Crippen molar-refractivity contribution in [3.05, 3.63) is 0 Å². The van der Waals surface area contributed by atoms with Gasteiger partial charge in [-0.05, 0) is 62.2 Å². The maximum absolute atomic E-state index is 3.52. The second-order valence-electron chi connectivity index (χ2n) is 7.34. The van der Waals surface area contributed by atoms with Crippen molar-refractivity contribution in [2.75, 3.05) is 32.7 Å². The van der Waals surface area contributed by atoms with E-state index < -0.39 is 0 Å². The van der Waals surface area contributed by atoms with Gasteiger partial charge in [-0.3, -0.25) is 0 Å². The Labute approximate surface area is 107 Å². The van der Waals surface area contributed by atoms with Crippen LogP contribution in [0.25, 0.3) is 0 Å². The topological polar surface area (TPSA) is 15.3 Å². The van der Waals surface area contributed by atoms with Gasteiger partial charge in [-0.1, -0.05) is 27.7 Å². The highest BCUT2D eigenvalue weighted by molar-refractivity contribution is 4.85. The van der Waals surface area contributed by atoms with E-state index in [9.17, 15) is 0 Å². The summed E-state index contributed by atoms with van der Waals surface area (Å²) in [5.74, 6) is 2.69. The molecule has 0 spiro atoms. The van der Waals surface area contributed by atoms with Gasteiger partial charge in [0.15, 0.2) is 0 Å². The van der Waals surface area contributed by atoms with Crippen molar-refractivity contribution < 1.29 is 0 Å². The zero-order valence-corrected chi connectivity index (χ0v) is 12.1. The van der Waals surface area contributed by atoms with Crippen LogP contribution in [0.5, 0.6) is 0 Å². The molecule has 17 heavy (non-hydrogen) atoms. The molecule has 0 unspecified atom stereocenters. The average molecular weight is 238 g/mol. The molecule has 0 bridgehead atoms. The molecule has 2 saturated heterocycles. The lowest BCUT2D eigenvalue weighted by Gasteiger charge is -2.39. The Morgan fingerprint density at radius 1 is 1.12 bits per heavy atom. The summed E-state index contributed by atoms with van der Waals surface area (Å²) in [7, 11) is 0. The fourth-order valence-corrected chi connectivity index (χ4v) is 3.42. The van der Waals surface area contributed by atoms with E-state index in [1.807, 2.05) is 0 Å². The number of nitrogens with one attached hydrogen (secondary N) is 1. The smallest absolute Gasteiger partial charge is 0.00248 e. The summed E-state index contributed by atoms with van der Waals surface area (Å²) in [4.78, 5) is 2.70. The predicted octanol–water partition coefficient (Wildman–Crippen LogP) is 2.60. The van der Waals surface area contributed by atoms with Crippen LogP contribution in [0.1, 0.15) is 40.5 Å². The number of nitrogens with zero attached hydrogens (tertiary/aromatic N) is 1. The predicted molar refractivity (Wildman–Crippen MR) is 74.1 cm³/mol. The van der Waals surface area contributed by atoms with Crippen LogP contribution in [0, 0.1) is 23.2 Å². The molecule has 0 aliphatic carbocycles. The molecule has 2 aliphatic heterocycles. The van der Waals surface area contributed by atoms with Gasteiger partial charge in [0.1, 0.15) is 0 Å². The Morgan fingerprint density at radius 3 is 2.24 bits per heavy atom. The maximum atomic E-state index is 3.52. The monoisotopic (exact) mass is 238 g/mol. The number of piperidine rings is 1. The first kappa shape index (κ1) is 13.4. The fraction of sp³-hybridized carbons (Fsp3) is 1.00. The second-order valence-corrected chi connectivity index (χ2v) is 7.34. The molecule has 2 heteroatoms. The highest BCUT2D eigenvalue weighted by atomic mass is 15.1. The van der Waals surface area contributed by atoms with Crippen molar-refractivity contribution in [3.8, 4) is 0 Å². The SMILES string of the molecule is C[C@@H]1CNC[C@H]1CN1CCC(C(C)(C)C)CC1. The van der Waals surface area contributed by atoms with Crippen LogP contribution in [0.15, 0.2) is 0 Å². The summed E-state index contributed by atoms with van der Waals surface area (Å²) in [6, 6.07) is 0. The van der Waals surface area contributed by atoms with Gasteiger partial charge in [0.05, 0.1) is 0 Å². The van der Waals surface area contributed by atoms with Gasteiger partial charge >= 0.3 is 0 Å². The van der Waals surface area contributed by atoms with Crippen LogP contribution in [0.4, 0.5) is 0 Å². The second kappa shape index (κ2) is 5.27. The summed E-state index contributed by atoms with van der Waals surface area (Å²) in [6.45, 7) is 16.0.